The maximum atomic E-state index is 11.4. The van der Waals surface area contributed by atoms with Crippen molar-refractivity contribution in [1.82, 2.24) is 9.97 Å². The highest BCUT2D eigenvalue weighted by Gasteiger charge is 2.25. The number of anilines is 1. The van der Waals surface area contributed by atoms with Crippen LogP contribution in [0.5, 0.6) is 0 Å². The van der Waals surface area contributed by atoms with Gasteiger partial charge >= 0.3 is 5.97 Å². The topological polar surface area (TPSA) is 96.7 Å². The van der Waals surface area contributed by atoms with Crippen molar-refractivity contribution in [2.45, 2.75) is 32.4 Å². The molecule has 0 radical (unpaired) electrons. The van der Waals surface area contributed by atoms with Gasteiger partial charge in [0.1, 0.15) is 5.82 Å². The number of ether oxygens (including phenoxy) is 1. The molecule has 2 aliphatic heterocycles. The Kier molecular flexibility index (Phi) is 4.38. The van der Waals surface area contributed by atoms with Gasteiger partial charge in [0.2, 0.25) is 0 Å². The van der Waals surface area contributed by atoms with Gasteiger partial charge in [-0.1, -0.05) is 0 Å². The molecule has 0 spiro atoms. The maximum absolute atomic E-state index is 11.4. The molecule has 2 N–H and O–H groups in total. The molecule has 26 heavy (non-hydrogen) atoms. The van der Waals surface area contributed by atoms with Crippen molar-refractivity contribution in [1.29, 1.82) is 0 Å². The lowest BCUT2D eigenvalue weighted by Gasteiger charge is -2.24. The first-order chi connectivity index (χ1) is 12.6. The monoisotopic (exact) mass is 352 g/mol. The molecule has 0 amide bonds. The van der Waals surface area contributed by atoms with E-state index in [0.29, 0.717) is 29.7 Å². The first-order valence-corrected chi connectivity index (χ1v) is 8.71. The highest BCUT2D eigenvalue weighted by molar-refractivity contribution is 6.17. The molecule has 0 aliphatic carbocycles. The van der Waals surface area contributed by atoms with Crippen LogP contribution in [0.4, 0.5) is 5.82 Å². The number of aromatic nitrogens is 2. The van der Waals surface area contributed by atoms with Crippen LogP contribution in [0.1, 0.15) is 45.7 Å². The summed E-state index contributed by atoms with van der Waals surface area (Å²) in [4.78, 5) is 25.1. The molecule has 2 aliphatic rings. The fourth-order valence-electron chi connectivity index (χ4n) is 3.41. The van der Waals surface area contributed by atoms with Gasteiger partial charge in [-0.2, -0.15) is 0 Å². The number of nitrogens with zero attached hydrogens (tertiary/aromatic N) is 3. The number of carboxylic acids is 1. The molecule has 4 heterocycles. The van der Waals surface area contributed by atoms with E-state index < -0.39 is 5.97 Å². The zero-order chi connectivity index (χ0) is 18.1. The first kappa shape index (κ1) is 16.7. The second-order valence-electron chi connectivity index (χ2n) is 6.58. The minimum atomic E-state index is -0.970. The summed E-state index contributed by atoms with van der Waals surface area (Å²) < 4.78 is 5.42. The molecule has 4 rings (SSSR count). The molecule has 7 heteroatoms. The maximum Gasteiger partial charge on any atom is 0.335 e. The van der Waals surface area contributed by atoms with Crippen LogP contribution in [0, 0.1) is 6.92 Å². The summed E-state index contributed by atoms with van der Waals surface area (Å²) >= 11 is 0. The number of carbonyl (C=O) groups is 1. The van der Waals surface area contributed by atoms with Gasteiger partial charge < -0.3 is 15.2 Å². The summed E-state index contributed by atoms with van der Waals surface area (Å²) in [5.74, 6) is -0.187. The second kappa shape index (κ2) is 6.84. The number of rotatable bonds is 4. The van der Waals surface area contributed by atoms with Crippen LogP contribution in [0.15, 0.2) is 29.4 Å². The minimum absolute atomic E-state index is 0.214. The number of pyridine rings is 2. The Balaban J connectivity index is 1.72. The van der Waals surface area contributed by atoms with E-state index in [0.717, 1.165) is 43.0 Å². The summed E-state index contributed by atoms with van der Waals surface area (Å²) in [7, 11) is 0. The van der Waals surface area contributed by atoms with Crippen molar-refractivity contribution in [2.24, 2.45) is 4.99 Å². The number of hydrogen-bond donors (Lipinski definition) is 2. The molecule has 0 unspecified atom stereocenters. The average molecular weight is 352 g/mol. The summed E-state index contributed by atoms with van der Waals surface area (Å²) in [6, 6.07) is 5.40. The van der Waals surface area contributed by atoms with Gasteiger partial charge in [-0.15, -0.1) is 0 Å². The Labute approximate surface area is 151 Å². The lowest BCUT2D eigenvalue weighted by atomic mass is 10.0. The summed E-state index contributed by atoms with van der Waals surface area (Å²) in [6.45, 7) is 3.83. The van der Waals surface area contributed by atoms with Crippen molar-refractivity contribution in [3.05, 3.63) is 52.5 Å². The molecule has 0 atom stereocenters. The molecule has 0 aromatic carbocycles. The van der Waals surface area contributed by atoms with Crippen LogP contribution in [0.2, 0.25) is 0 Å². The molecule has 2 aromatic rings. The third-order valence-electron chi connectivity index (χ3n) is 4.69. The number of fused-ring (bicyclic) bond motifs is 1. The Morgan fingerprint density at radius 3 is 2.88 bits per heavy atom. The molecular formula is C19H20N4O3. The minimum Gasteiger partial charge on any atom is -0.478 e. The van der Waals surface area contributed by atoms with Crippen LogP contribution in [-0.4, -0.2) is 46.0 Å². The van der Waals surface area contributed by atoms with E-state index in [9.17, 15) is 9.90 Å². The Bertz CT molecular complexity index is 888. The van der Waals surface area contributed by atoms with E-state index >= 15 is 0 Å². The quantitative estimate of drug-likeness (QED) is 0.877. The number of aliphatic imine (C=N–C) groups is 1. The molecule has 1 saturated heterocycles. The molecular weight excluding hydrogens is 332 g/mol. The number of carboxylic acid groups (broad SMARTS) is 1. The Morgan fingerprint density at radius 1 is 1.31 bits per heavy atom. The molecule has 0 bridgehead atoms. The third kappa shape index (κ3) is 3.17. The average Bonchev–Trinajstić information content (AvgIpc) is 3.07. The van der Waals surface area contributed by atoms with Crippen LogP contribution in [0.25, 0.3) is 0 Å². The predicted octanol–water partition coefficient (Wildman–Crippen LogP) is 2.43. The fraction of sp³-hybridized carbons (Fsp3) is 0.368. The zero-order valence-corrected chi connectivity index (χ0v) is 14.5. The van der Waals surface area contributed by atoms with Gasteiger partial charge in [-0.25, -0.2) is 9.78 Å². The van der Waals surface area contributed by atoms with Crippen molar-refractivity contribution in [2.75, 3.05) is 18.5 Å². The lowest BCUT2D eigenvalue weighted by Crippen LogP contribution is -2.29. The highest BCUT2D eigenvalue weighted by Crippen LogP contribution is 2.29. The fourth-order valence-corrected chi connectivity index (χ4v) is 3.41. The number of aromatic carboxylic acids is 1. The smallest absolute Gasteiger partial charge is 0.335 e. The first-order valence-electron chi connectivity index (χ1n) is 8.71. The molecule has 1 fully saturated rings. The van der Waals surface area contributed by atoms with E-state index in [2.05, 4.69) is 20.3 Å². The van der Waals surface area contributed by atoms with E-state index in [4.69, 9.17) is 4.74 Å². The third-order valence-corrected chi connectivity index (χ3v) is 4.69. The molecule has 0 saturated carbocycles. The van der Waals surface area contributed by atoms with Gasteiger partial charge in [0.25, 0.3) is 0 Å². The van der Waals surface area contributed by atoms with Crippen molar-refractivity contribution < 1.29 is 14.6 Å². The van der Waals surface area contributed by atoms with Crippen LogP contribution in [-0.2, 0) is 11.3 Å². The van der Waals surface area contributed by atoms with Crippen molar-refractivity contribution in [3.63, 3.8) is 0 Å². The molecule has 7 nitrogen and oxygen atoms in total. The van der Waals surface area contributed by atoms with Crippen LogP contribution < -0.4 is 5.32 Å². The van der Waals surface area contributed by atoms with Gasteiger partial charge in [0.15, 0.2) is 0 Å². The predicted molar refractivity (Wildman–Crippen MR) is 97.0 cm³/mol. The normalized spacial score (nSPS) is 16.9. The molecule has 2 aromatic heterocycles. The van der Waals surface area contributed by atoms with Crippen molar-refractivity contribution >= 4 is 17.5 Å². The largest absolute Gasteiger partial charge is 0.478 e. The van der Waals surface area contributed by atoms with E-state index in [-0.39, 0.29) is 5.56 Å². The van der Waals surface area contributed by atoms with Gasteiger partial charge in [-0.05, 0) is 43.5 Å². The van der Waals surface area contributed by atoms with Crippen LogP contribution >= 0.6 is 0 Å². The van der Waals surface area contributed by atoms with E-state index in [1.807, 2.05) is 6.07 Å². The van der Waals surface area contributed by atoms with Gasteiger partial charge in [-0.3, -0.25) is 9.98 Å². The Hall–Kier alpha value is -2.80. The lowest BCUT2D eigenvalue weighted by molar-refractivity contribution is 0.0696. The summed E-state index contributed by atoms with van der Waals surface area (Å²) in [5.41, 5.74) is 4.14. The zero-order valence-electron chi connectivity index (χ0n) is 14.5. The summed E-state index contributed by atoms with van der Waals surface area (Å²) in [5, 5.41) is 12.9. The second-order valence-corrected chi connectivity index (χ2v) is 6.58. The standard InChI is InChI=1S/C19H20N4O3/c1-11-8-13(19(24)25)9-15(22-11)17-16-12(10-21-17)2-5-20-18(16)23-14-3-6-26-7-4-14/h2,5,8-9,14H,3-4,6-7,10H2,1H3,(H,20,23)(H,24,25). The number of aryl methyl sites for hydroxylation is 1. The van der Waals surface area contributed by atoms with Crippen LogP contribution in [0.3, 0.4) is 0 Å². The Morgan fingerprint density at radius 2 is 2.12 bits per heavy atom. The van der Waals surface area contributed by atoms with E-state index in [1.165, 1.54) is 0 Å². The van der Waals surface area contributed by atoms with Gasteiger partial charge in [0, 0.05) is 36.7 Å². The molecule has 134 valence electrons. The SMILES string of the molecule is Cc1cc(C(=O)O)cc(C2=NCc3ccnc(NC4CCOCC4)c32)n1. The highest BCUT2D eigenvalue weighted by atomic mass is 16.5. The van der Waals surface area contributed by atoms with E-state index in [1.54, 1.807) is 25.3 Å². The number of nitrogens with one attached hydrogen (secondary N) is 1. The summed E-state index contributed by atoms with van der Waals surface area (Å²) in [6.07, 6.45) is 3.65. The van der Waals surface area contributed by atoms with Gasteiger partial charge in [0.05, 0.1) is 23.5 Å². The van der Waals surface area contributed by atoms with Crippen molar-refractivity contribution in [3.8, 4) is 0 Å². The number of hydrogen-bond acceptors (Lipinski definition) is 6.